The van der Waals surface area contributed by atoms with Crippen LogP contribution in [0.2, 0.25) is 0 Å². The summed E-state index contributed by atoms with van der Waals surface area (Å²) in [6.07, 6.45) is 8.54. The minimum Gasteiger partial charge on any atom is -0.432 e. The molecule has 2 heterocycles. The van der Waals surface area contributed by atoms with Gasteiger partial charge in [0.15, 0.2) is 0 Å². The van der Waals surface area contributed by atoms with Crippen molar-refractivity contribution in [2.75, 3.05) is 18.0 Å². The van der Waals surface area contributed by atoms with E-state index in [2.05, 4.69) is 15.2 Å². The SMILES string of the molecule is c1coc(N(CC2CCCN2)C2CC2)n1. The third kappa shape index (κ3) is 2.00. The molecule has 0 amide bonds. The second-order valence-corrected chi connectivity index (χ2v) is 4.49. The van der Waals surface area contributed by atoms with Crippen molar-refractivity contribution in [2.45, 2.75) is 37.8 Å². The van der Waals surface area contributed by atoms with Crippen LogP contribution in [0.5, 0.6) is 0 Å². The van der Waals surface area contributed by atoms with E-state index in [1.165, 1.54) is 25.7 Å². The number of hydrogen-bond donors (Lipinski definition) is 1. The van der Waals surface area contributed by atoms with Crippen LogP contribution in [0.15, 0.2) is 16.9 Å². The predicted molar refractivity (Wildman–Crippen MR) is 57.9 cm³/mol. The Bertz CT molecular complexity index is 302. The van der Waals surface area contributed by atoms with Crippen molar-refractivity contribution in [3.63, 3.8) is 0 Å². The number of nitrogens with one attached hydrogen (secondary N) is 1. The molecule has 1 saturated carbocycles. The molecule has 2 fully saturated rings. The number of oxazole rings is 1. The van der Waals surface area contributed by atoms with Crippen LogP contribution in [0.3, 0.4) is 0 Å². The molecule has 0 bridgehead atoms. The Balaban J connectivity index is 1.68. The fourth-order valence-corrected chi connectivity index (χ4v) is 2.28. The summed E-state index contributed by atoms with van der Waals surface area (Å²) in [6, 6.07) is 2.09. The number of aromatic nitrogens is 1. The van der Waals surface area contributed by atoms with E-state index in [1.54, 1.807) is 12.5 Å². The Morgan fingerprint density at radius 3 is 3.00 bits per heavy atom. The van der Waals surface area contributed by atoms with E-state index < -0.39 is 0 Å². The summed E-state index contributed by atoms with van der Waals surface area (Å²) in [5.74, 6) is 0. The monoisotopic (exact) mass is 207 g/mol. The van der Waals surface area contributed by atoms with Gasteiger partial charge < -0.3 is 14.6 Å². The van der Waals surface area contributed by atoms with Gasteiger partial charge in [-0.25, -0.2) is 4.98 Å². The lowest BCUT2D eigenvalue weighted by molar-refractivity contribution is 0.500. The first-order valence-corrected chi connectivity index (χ1v) is 5.83. The van der Waals surface area contributed by atoms with Gasteiger partial charge in [0.05, 0.1) is 6.20 Å². The van der Waals surface area contributed by atoms with Gasteiger partial charge >= 0.3 is 0 Å². The second-order valence-electron chi connectivity index (χ2n) is 4.49. The summed E-state index contributed by atoms with van der Waals surface area (Å²) < 4.78 is 5.39. The molecular weight excluding hydrogens is 190 g/mol. The lowest BCUT2D eigenvalue weighted by Gasteiger charge is -2.23. The second kappa shape index (κ2) is 3.85. The minimum absolute atomic E-state index is 0.623. The van der Waals surface area contributed by atoms with E-state index in [0.29, 0.717) is 12.1 Å². The number of anilines is 1. The number of hydrogen-bond acceptors (Lipinski definition) is 4. The van der Waals surface area contributed by atoms with E-state index in [4.69, 9.17) is 4.42 Å². The van der Waals surface area contributed by atoms with Crippen LogP contribution in [0.25, 0.3) is 0 Å². The Kier molecular flexibility index (Phi) is 2.37. The van der Waals surface area contributed by atoms with Gasteiger partial charge in [-0.2, -0.15) is 0 Å². The highest BCUT2D eigenvalue weighted by molar-refractivity contribution is 5.30. The van der Waals surface area contributed by atoms with Crippen molar-refractivity contribution in [3.8, 4) is 0 Å². The topological polar surface area (TPSA) is 41.3 Å². The Labute approximate surface area is 89.7 Å². The molecular formula is C11H17N3O. The van der Waals surface area contributed by atoms with Crippen molar-refractivity contribution < 1.29 is 4.42 Å². The van der Waals surface area contributed by atoms with Crippen molar-refractivity contribution in [1.82, 2.24) is 10.3 Å². The highest BCUT2D eigenvalue weighted by Gasteiger charge is 2.33. The molecule has 3 rings (SSSR count). The molecule has 4 nitrogen and oxygen atoms in total. The average Bonchev–Trinajstić information content (AvgIpc) is 2.78. The molecule has 1 saturated heterocycles. The number of nitrogens with zero attached hydrogens (tertiary/aromatic N) is 2. The first-order valence-electron chi connectivity index (χ1n) is 5.83. The summed E-state index contributed by atoms with van der Waals surface area (Å²) in [7, 11) is 0. The third-order valence-electron chi connectivity index (χ3n) is 3.23. The van der Waals surface area contributed by atoms with Crippen molar-refractivity contribution in [3.05, 3.63) is 12.5 Å². The normalized spacial score (nSPS) is 25.7. The average molecular weight is 207 g/mol. The molecule has 1 atom stereocenters. The van der Waals surface area contributed by atoms with E-state index in [9.17, 15) is 0 Å². The van der Waals surface area contributed by atoms with Crippen LogP contribution >= 0.6 is 0 Å². The Morgan fingerprint density at radius 1 is 1.47 bits per heavy atom. The lowest BCUT2D eigenvalue weighted by Crippen LogP contribution is -2.39. The molecule has 0 spiro atoms. The van der Waals surface area contributed by atoms with Gasteiger partial charge in [0, 0.05) is 18.6 Å². The molecule has 0 radical (unpaired) electrons. The van der Waals surface area contributed by atoms with Gasteiger partial charge in [0.1, 0.15) is 6.26 Å². The molecule has 1 aliphatic carbocycles. The van der Waals surface area contributed by atoms with E-state index in [-0.39, 0.29) is 0 Å². The molecule has 1 aliphatic heterocycles. The summed E-state index contributed by atoms with van der Waals surface area (Å²) in [6.45, 7) is 2.21. The standard InChI is InChI=1S/C11H17N3O/c1-2-9(12-5-1)8-14(10-3-4-10)11-13-6-7-15-11/h6-7,9-10,12H,1-5,8H2. The molecule has 1 aromatic heterocycles. The molecule has 15 heavy (non-hydrogen) atoms. The van der Waals surface area contributed by atoms with Gasteiger partial charge in [-0.1, -0.05) is 0 Å². The van der Waals surface area contributed by atoms with Crippen molar-refractivity contribution >= 4 is 6.01 Å². The van der Waals surface area contributed by atoms with Gasteiger partial charge in [-0.05, 0) is 32.2 Å². The maximum atomic E-state index is 5.39. The summed E-state index contributed by atoms with van der Waals surface area (Å²) in [4.78, 5) is 6.57. The van der Waals surface area contributed by atoms with Crippen LogP contribution in [0.1, 0.15) is 25.7 Å². The van der Waals surface area contributed by atoms with E-state index in [1.807, 2.05) is 0 Å². The molecule has 0 aromatic carbocycles. The molecule has 1 unspecified atom stereocenters. The molecule has 2 aliphatic rings. The zero-order valence-electron chi connectivity index (χ0n) is 8.85. The molecule has 4 heteroatoms. The minimum atomic E-state index is 0.623. The van der Waals surface area contributed by atoms with E-state index >= 15 is 0 Å². The van der Waals surface area contributed by atoms with Crippen LogP contribution in [-0.2, 0) is 0 Å². The molecule has 82 valence electrons. The van der Waals surface area contributed by atoms with Gasteiger partial charge in [0.2, 0.25) is 0 Å². The fraction of sp³-hybridized carbons (Fsp3) is 0.727. The van der Waals surface area contributed by atoms with Crippen LogP contribution in [0.4, 0.5) is 6.01 Å². The van der Waals surface area contributed by atoms with Crippen molar-refractivity contribution in [1.29, 1.82) is 0 Å². The van der Waals surface area contributed by atoms with E-state index in [0.717, 1.165) is 19.1 Å². The molecule has 1 aromatic rings. The highest BCUT2D eigenvalue weighted by Crippen LogP contribution is 2.31. The largest absolute Gasteiger partial charge is 0.432 e. The van der Waals surface area contributed by atoms with Gasteiger partial charge in [0.25, 0.3) is 6.01 Å². The van der Waals surface area contributed by atoms with Crippen molar-refractivity contribution in [2.24, 2.45) is 0 Å². The van der Waals surface area contributed by atoms with Crippen LogP contribution in [-0.4, -0.2) is 30.2 Å². The Morgan fingerprint density at radius 2 is 2.40 bits per heavy atom. The maximum Gasteiger partial charge on any atom is 0.297 e. The zero-order chi connectivity index (χ0) is 10.1. The molecule has 1 N–H and O–H groups in total. The first kappa shape index (κ1) is 9.21. The Hall–Kier alpha value is -1.03. The predicted octanol–water partition coefficient (Wildman–Crippen LogP) is 1.40. The van der Waals surface area contributed by atoms with Crippen LogP contribution in [0, 0.1) is 0 Å². The lowest BCUT2D eigenvalue weighted by atomic mass is 10.2. The first-order chi connectivity index (χ1) is 7.43. The summed E-state index contributed by atoms with van der Waals surface area (Å²) >= 11 is 0. The van der Waals surface area contributed by atoms with Gasteiger partial charge in [-0.3, -0.25) is 0 Å². The fourth-order valence-electron chi connectivity index (χ4n) is 2.28. The highest BCUT2D eigenvalue weighted by atomic mass is 16.4. The van der Waals surface area contributed by atoms with Gasteiger partial charge in [-0.15, -0.1) is 0 Å². The van der Waals surface area contributed by atoms with Crippen LogP contribution < -0.4 is 10.2 Å². The third-order valence-corrected chi connectivity index (χ3v) is 3.23. The maximum absolute atomic E-state index is 5.39. The summed E-state index contributed by atoms with van der Waals surface area (Å²) in [5, 5.41) is 3.52. The summed E-state index contributed by atoms with van der Waals surface area (Å²) in [5.41, 5.74) is 0. The quantitative estimate of drug-likeness (QED) is 0.810. The smallest absolute Gasteiger partial charge is 0.297 e. The number of rotatable bonds is 4. The zero-order valence-corrected chi connectivity index (χ0v) is 8.85.